The van der Waals surface area contributed by atoms with Crippen LogP contribution in [0, 0.1) is 5.82 Å². The Bertz CT molecular complexity index is 812. The lowest BCUT2D eigenvalue weighted by molar-refractivity contribution is 0.352. The molecule has 1 aliphatic heterocycles. The Hall–Kier alpha value is -0.610. The highest BCUT2D eigenvalue weighted by molar-refractivity contribution is 14.0. The van der Waals surface area contributed by atoms with E-state index in [9.17, 15) is 12.8 Å². The number of hydrogen-bond acceptors (Lipinski definition) is 3. The predicted molar refractivity (Wildman–Crippen MR) is 119 cm³/mol. The molecular weight excluding hydrogens is 504 g/mol. The highest BCUT2D eigenvalue weighted by atomic mass is 127. The van der Waals surface area contributed by atoms with Crippen molar-refractivity contribution in [1.29, 1.82) is 0 Å². The topological polar surface area (TPSA) is 61.8 Å². The first-order valence-corrected chi connectivity index (χ1v) is 10.9. The van der Waals surface area contributed by atoms with Gasteiger partial charge in [0, 0.05) is 42.2 Å². The molecule has 1 aromatic carbocycles. The van der Waals surface area contributed by atoms with Crippen LogP contribution in [0.25, 0.3) is 0 Å². The molecule has 0 amide bonds. The molecule has 0 spiro atoms. The van der Waals surface area contributed by atoms with Gasteiger partial charge in [0.25, 0.3) is 0 Å². The molecule has 1 aliphatic carbocycles. The number of halogens is 3. The standard InChI is InChI=1S/C18H25ClFN3O2S.HI/c1-4-21-17(23-8-9-26(24,25)18(2,3)11-23)22-15-10-12(15)16-13(19)6-5-7-14(16)20;/h5-7,12,15H,4,8-11H2,1-3H3,(H,21,22);1H. The molecule has 1 saturated heterocycles. The van der Waals surface area contributed by atoms with Crippen LogP contribution >= 0.6 is 35.6 Å². The number of rotatable bonds is 3. The van der Waals surface area contributed by atoms with Crippen molar-refractivity contribution in [2.45, 2.75) is 43.9 Å². The van der Waals surface area contributed by atoms with Crippen LogP contribution in [-0.4, -0.2) is 55.5 Å². The SMILES string of the molecule is CCN=C(NC1CC1c1c(F)cccc1Cl)N1CCS(=O)(=O)C(C)(C)C1.I. The third-order valence-corrected chi connectivity index (χ3v) is 7.99. The molecule has 2 unspecified atom stereocenters. The van der Waals surface area contributed by atoms with Gasteiger partial charge in [-0.2, -0.15) is 0 Å². The Morgan fingerprint density at radius 1 is 1.44 bits per heavy atom. The van der Waals surface area contributed by atoms with Gasteiger partial charge < -0.3 is 10.2 Å². The van der Waals surface area contributed by atoms with Crippen molar-refractivity contribution in [3.8, 4) is 0 Å². The van der Waals surface area contributed by atoms with E-state index in [-0.39, 0.29) is 47.5 Å². The number of guanidine groups is 1. The van der Waals surface area contributed by atoms with Gasteiger partial charge in [0.05, 0.1) is 10.5 Å². The zero-order valence-corrected chi connectivity index (χ0v) is 19.6. The largest absolute Gasteiger partial charge is 0.353 e. The molecule has 1 saturated carbocycles. The summed E-state index contributed by atoms with van der Waals surface area (Å²) in [4.78, 5) is 6.51. The van der Waals surface area contributed by atoms with E-state index in [2.05, 4.69) is 10.3 Å². The zero-order chi connectivity index (χ0) is 19.1. The summed E-state index contributed by atoms with van der Waals surface area (Å²) in [6.45, 7) is 6.82. The predicted octanol–water partition coefficient (Wildman–Crippen LogP) is 3.43. The third kappa shape index (κ3) is 4.70. The molecule has 1 aromatic rings. The lowest BCUT2D eigenvalue weighted by Crippen LogP contribution is -2.57. The summed E-state index contributed by atoms with van der Waals surface area (Å²) in [6.07, 6.45) is 0.777. The van der Waals surface area contributed by atoms with E-state index in [1.165, 1.54) is 6.07 Å². The maximum atomic E-state index is 14.1. The molecule has 1 N–H and O–H groups in total. The second-order valence-electron chi connectivity index (χ2n) is 7.53. The number of nitrogens with zero attached hydrogens (tertiary/aromatic N) is 2. The molecule has 1 heterocycles. The average Bonchev–Trinajstić information content (AvgIpc) is 3.28. The smallest absolute Gasteiger partial charge is 0.194 e. The first-order valence-electron chi connectivity index (χ1n) is 8.88. The Balaban J connectivity index is 0.00000261. The Labute approximate surface area is 182 Å². The number of benzene rings is 1. The normalized spacial score (nSPS) is 26.3. The lowest BCUT2D eigenvalue weighted by Gasteiger charge is -2.39. The summed E-state index contributed by atoms with van der Waals surface area (Å²) in [5.41, 5.74) is 0.545. The summed E-state index contributed by atoms with van der Waals surface area (Å²) in [6, 6.07) is 4.78. The van der Waals surface area contributed by atoms with E-state index < -0.39 is 14.6 Å². The second-order valence-corrected chi connectivity index (χ2v) is 10.7. The minimum absolute atomic E-state index is 0. The van der Waals surface area contributed by atoms with Crippen LogP contribution in [-0.2, 0) is 9.84 Å². The minimum Gasteiger partial charge on any atom is -0.353 e. The van der Waals surface area contributed by atoms with Gasteiger partial charge in [-0.3, -0.25) is 4.99 Å². The van der Waals surface area contributed by atoms with Gasteiger partial charge in [-0.05, 0) is 39.3 Å². The van der Waals surface area contributed by atoms with Gasteiger partial charge in [-0.25, -0.2) is 12.8 Å². The maximum Gasteiger partial charge on any atom is 0.194 e. The van der Waals surface area contributed by atoms with Crippen LogP contribution < -0.4 is 5.32 Å². The van der Waals surface area contributed by atoms with Crippen LogP contribution in [0.15, 0.2) is 23.2 Å². The van der Waals surface area contributed by atoms with Crippen molar-refractivity contribution < 1.29 is 12.8 Å². The van der Waals surface area contributed by atoms with E-state index >= 15 is 0 Å². The molecule has 27 heavy (non-hydrogen) atoms. The molecule has 0 radical (unpaired) electrons. The molecule has 2 atom stereocenters. The molecule has 0 aromatic heterocycles. The van der Waals surface area contributed by atoms with Gasteiger partial charge in [0.1, 0.15) is 5.82 Å². The number of sulfone groups is 1. The monoisotopic (exact) mass is 529 g/mol. The van der Waals surface area contributed by atoms with E-state index in [1.54, 1.807) is 26.0 Å². The number of nitrogens with one attached hydrogen (secondary N) is 1. The first kappa shape index (κ1) is 22.7. The van der Waals surface area contributed by atoms with Crippen LogP contribution in [0.2, 0.25) is 5.02 Å². The van der Waals surface area contributed by atoms with Crippen LogP contribution in [0.1, 0.15) is 38.7 Å². The molecule has 152 valence electrons. The molecule has 2 aliphatic rings. The third-order valence-electron chi connectivity index (χ3n) is 5.13. The zero-order valence-electron chi connectivity index (χ0n) is 15.7. The Morgan fingerprint density at radius 2 is 2.15 bits per heavy atom. The van der Waals surface area contributed by atoms with Crippen molar-refractivity contribution in [2.75, 3.05) is 25.4 Å². The molecule has 0 bridgehead atoms. The summed E-state index contributed by atoms with van der Waals surface area (Å²) < 4.78 is 37.8. The molecule has 2 fully saturated rings. The lowest BCUT2D eigenvalue weighted by atomic mass is 10.1. The average molecular weight is 530 g/mol. The van der Waals surface area contributed by atoms with Crippen molar-refractivity contribution >= 4 is 51.4 Å². The van der Waals surface area contributed by atoms with Gasteiger partial charge in [-0.15, -0.1) is 24.0 Å². The minimum atomic E-state index is -3.11. The van der Waals surface area contributed by atoms with E-state index in [1.807, 2.05) is 11.8 Å². The highest BCUT2D eigenvalue weighted by Crippen LogP contribution is 2.45. The summed E-state index contributed by atoms with van der Waals surface area (Å²) in [5.74, 6) is 0.520. The molecule has 3 rings (SSSR count). The highest BCUT2D eigenvalue weighted by Gasteiger charge is 2.45. The van der Waals surface area contributed by atoms with E-state index in [0.29, 0.717) is 36.2 Å². The number of aliphatic imine (C=N–C) groups is 1. The summed E-state index contributed by atoms with van der Waals surface area (Å²) in [5, 5.41) is 3.83. The summed E-state index contributed by atoms with van der Waals surface area (Å²) >= 11 is 6.17. The molecular formula is C18H26ClFIN3O2S. The molecule has 9 heteroatoms. The molecule has 5 nitrogen and oxygen atoms in total. The fraction of sp³-hybridized carbons (Fsp3) is 0.611. The van der Waals surface area contributed by atoms with Crippen molar-refractivity contribution in [2.24, 2.45) is 4.99 Å². The van der Waals surface area contributed by atoms with E-state index in [4.69, 9.17) is 11.6 Å². The van der Waals surface area contributed by atoms with Crippen molar-refractivity contribution in [3.05, 3.63) is 34.6 Å². The van der Waals surface area contributed by atoms with Gasteiger partial charge >= 0.3 is 0 Å². The second kappa shape index (κ2) is 8.41. The van der Waals surface area contributed by atoms with Gasteiger partial charge in [0.2, 0.25) is 0 Å². The van der Waals surface area contributed by atoms with Crippen molar-refractivity contribution in [1.82, 2.24) is 10.2 Å². The number of hydrogen-bond donors (Lipinski definition) is 1. The van der Waals surface area contributed by atoms with Crippen LogP contribution in [0.3, 0.4) is 0 Å². The summed E-state index contributed by atoms with van der Waals surface area (Å²) in [7, 11) is -3.11. The van der Waals surface area contributed by atoms with Crippen molar-refractivity contribution in [3.63, 3.8) is 0 Å². The Morgan fingerprint density at radius 3 is 2.74 bits per heavy atom. The van der Waals surface area contributed by atoms with Crippen LogP contribution in [0.5, 0.6) is 0 Å². The Kier molecular flexibility index (Phi) is 7.06. The quantitative estimate of drug-likeness (QED) is 0.370. The van der Waals surface area contributed by atoms with E-state index in [0.717, 1.165) is 6.42 Å². The maximum absolute atomic E-state index is 14.1. The fourth-order valence-corrected chi connectivity index (χ4v) is 5.08. The fourth-order valence-electron chi connectivity index (χ4n) is 3.42. The first-order chi connectivity index (χ1) is 12.2. The van der Waals surface area contributed by atoms with Crippen LogP contribution in [0.4, 0.5) is 4.39 Å². The van der Waals surface area contributed by atoms with Gasteiger partial charge in [-0.1, -0.05) is 17.7 Å². The van der Waals surface area contributed by atoms with Gasteiger partial charge in [0.15, 0.2) is 15.8 Å².